The van der Waals surface area contributed by atoms with Gasteiger partial charge in [-0.15, -0.1) is 0 Å². The predicted molar refractivity (Wildman–Crippen MR) is 103 cm³/mol. The van der Waals surface area contributed by atoms with Gasteiger partial charge in [0.1, 0.15) is 5.52 Å². The molecule has 0 saturated heterocycles. The van der Waals surface area contributed by atoms with Crippen molar-refractivity contribution < 1.29 is 9.21 Å². The second-order valence-electron chi connectivity index (χ2n) is 6.01. The molecule has 0 spiro atoms. The highest BCUT2D eigenvalue weighted by molar-refractivity contribution is 5.91. The molecule has 2 aromatic carbocycles. The molecular weight excluding hydrogens is 340 g/mol. The van der Waals surface area contributed by atoms with E-state index in [4.69, 9.17) is 4.42 Å². The summed E-state index contributed by atoms with van der Waals surface area (Å²) < 4.78 is 7.36. The Morgan fingerprint density at radius 1 is 1.11 bits per heavy atom. The van der Waals surface area contributed by atoms with Crippen LogP contribution in [0.4, 0.5) is 0 Å². The zero-order chi connectivity index (χ0) is 18.5. The summed E-state index contributed by atoms with van der Waals surface area (Å²) in [6, 6.07) is 17.5. The maximum absolute atomic E-state index is 12.0. The van der Waals surface area contributed by atoms with Gasteiger partial charge in [0.25, 0.3) is 0 Å². The largest absolute Gasteiger partial charge is 0.437 e. The highest BCUT2D eigenvalue weighted by Crippen LogP contribution is 2.15. The number of amides is 1. The number of para-hydroxylation sites is 2. The number of oxazole rings is 1. The van der Waals surface area contributed by atoms with Crippen LogP contribution in [0.1, 0.15) is 11.5 Å². The van der Waals surface area contributed by atoms with Gasteiger partial charge in [-0.3, -0.25) is 4.79 Å². The predicted octanol–water partition coefficient (Wildman–Crippen LogP) is 3.39. The van der Waals surface area contributed by atoms with E-state index in [1.54, 1.807) is 12.3 Å². The van der Waals surface area contributed by atoms with E-state index >= 15 is 0 Å². The van der Waals surface area contributed by atoms with Gasteiger partial charge < -0.3 is 9.73 Å². The summed E-state index contributed by atoms with van der Waals surface area (Å²) in [4.78, 5) is 16.3. The molecule has 0 aliphatic rings. The van der Waals surface area contributed by atoms with Gasteiger partial charge >= 0.3 is 0 Å². The van der Waals surface area contributed by atoms with Gasteiger partial charge in [0, 0.05) is 31.1 Å². The van der Waals surface area contributed by atoms with Crippen LogP contribution in [0.3, 0.4) is 0 Å². The number of rotatable bonds is 6. The second kappa shape index (κ2) is 7.70. The lowest BCUT2D eigenvalue weighted by Crippen LogP contribution is -2.23. The number of aromatic nitrogens is 3. The third-order valence-corrected chi connectivity index (χ3v) is 4.11. The standard InChI is InChI=1S/C21H18N4O2/c26-20(10-11-21-24-18-4-1-2-5-19(18)27-21)22-14-12-16-6-8-17(9-7-16)25-15-3-13-23-25/h1-11,13,15H,12,14H2,(H,22,26)/b11-10+. The van der Waals surface area contributed by atoms with Crippen LogP contribution >= 0.6 is 0 Å². The van der Waals surface area contributed by atoms with Gasteiger partial charge in [0.15, 0.2) is 5.58 Å². The van der Waals surface area contributed by atoms with E-state index in [1.165, 1.54) is 6.08 Å². The monoisotopic (exact) mass is 358 g/mol. The topological polar surface area (TPSA) is 73.0 Å². The van der Waals surface area contributed by atoms with Crippen molar-refractivity contribution in [2.45, 2.75) is 6.42 Å². The van der Waals surface area contributed by atoms with Crippen molar-refractivity contribution in [3.05, 3.63) is 84.5 Å². The number of carbonyl (C=O) groups excluding carboxylic acids is 1. The van der Waals surface area contributed by atoms with Gasteiger partial charge in [-0.1, -0.05) is 24.3 Å². The first-order valence-corrected chi connectivity index (χ1v) is 8.68. The molecule has 0 bridgehead atoms. The van der Waals surface area contributed by atoms with Crippen LogP contribution in [0.5, 0.6) is 0 Å². The number of benzene rings is 2. The Kier molecular flexibility index (Phi) is 4.78. The Labute approximate surface area is 156 Å². The van der Waals surface area contributed by atoms with Crippen molar-refractivity contribution in [1.29, 1.82) is 0 Å². The van der Waals surface area contributed by atoms with Crippen LogP contribution in [0.15, 0.2) is 77.5 Å². The van der Waals surface area contributed by atoms with Crippen LogP contribution in [-0.2, 0) is 11.2 Å². The van der Waals surface area contributed by atoms with Crippen molar-refractivity contribution in [3.8, 4) is 5.69 Å². The summed E-state index contributed by atoms with van der Waals surface area (Å²) in [6.45, 7) is 0.553. The lowest BCUT2D eigenvalue weighted by atomic mass is 10.1. The van der Waals surface area contributed by atoms with Crippen molar-refractivity contribution >= 4 is 23.1 Å². The highest BCUT2D eigenvalue weighted by atomic mass is 16.3. The summed E-state index contributed by atoms with van der Waals surface area (Å²) >= 11 is 0. The first-order valence-electron chi connectivity index (χ1n) is 8.68. The summed E-state index contributed by atoms with van der Waals surface area (Å²) in [6.07, 6.45) is 7.41. The zero-order valence-electron chi connectivity index (χ0n) is 14.6. The molecule has 0 unspecified atom stereocenters. The molecule has 6 nitrogen and oxygen atoms in total. The van der Waals surface area contributed by atoms with E-state index < -0.39 is 0 Å². The maximum atomic E-state index is 12.0. The fourth-order valence-electron chi connectivity index (χ4n) is 2.73. The Balaban J connectivity index is 1.28. The number of hydrogen-bond donors (Lipinski definition) is 1. The summed E-state index contributed by atoms with van der Waals surface area (Å²) in [5.41, 5.74) is 3.63. The van der Waals surface area contributed by atoms with E-state index in [0.717, 1.165) is 23.2 Å². The van der Waals surface area contributed by atoms with Crippen LogP contribution in [0.2, 0.25) is 0 Å². The van der Waals surface area contributed by atoms with Crippen molar-refractivity contribution in [2.24, 2.45) is 0 Å². The Morgan fingerprint density at radius 3 is 2.74 bits per heavy atom. The number of fused-ring (bicyclic) bond motifs is 1. The van der Waals surface area contributed by atoms with Crippen LogP contribution < -0.4 is 5.32 Å². The molecule has 0 atom stereocenters. The molecule has 1 N–H and O–H groups in total. The van der Waals surface area contributed by atoms with Crippen molar-refractivity contribution in [1.82, 2.24) is 20.1 Å². The first kappa shape index (κ1) is 16.8. The van der Waals surface area contributed by atoms with E-state index in [2.05, 4.69) is 15.4 Å². The minimum Gasteiger partial charge on any atom is -0.437 e. The maximum Gasteiger partial charge on any atom is 0.244 e. The quantitative estimate of drug-likeness (QED) is 0.536. The number of carbonyl (C=O) groups is 1. The second-order valence-corrected chi connectivity index (χ2v) is 6.01. The van der Waals surface area contributed by atoms with Gasteiger partial charge in [0.2, 0.25) is 11.8 Å². The van der Waals surface area contributed by atoms with Crippen LogP contribution in [0, 0.1) is 0 Å². The fourth-order valence-corrected chi connectivity index (χ4v) is 2.73. The van der Waals surface area contributed by atoms with E-state index in [-0.39, 0.29) is 5.91 Å². The third kappa shape index (κ3) is 4.12. The average Bonchev–Trinajstić information content (AvgIpc) is 3.36. The summed E-state index contributed by atoms with van der Waals surface area (Å²) in [5.74, 6) is 0.242. The molecule has 0 aliphatic heterocycles. The Hall–Kier alpha value is -3.67. The summed E-state index contributed by atoms with van der Waals surface area (Å²) in [7, 11) is 0. The van der Waals surface area contributed by atoms with Gasteiger partial charge in [-0.25, -0.2) is 9.67 Å². The molecule has 134 valence electrons. The van der Waals surface area contributed by atoms with Crippen molar-refractivity contribution in [3.63, 3.8) is 0 Å². The van der Waals surface area contributed by atoms with E-state index in [1.807, 2.05) is 65.5 Å². The van der Waals surface area contributed by atoms with Gasteiger partial charge in [-0.05, 0) is 42.3 Å². The summed E-state index contributed by atoms with van der Waals surface area (Å²) in [5, 5.41) is 7.06. The van der Waals surface area contributed by atoms with Crippen molar-refractivity contribution in [2.75, 3.05) is 6.54 Å². The molecule has 2 aromatic heterocycles. The zero-order valence-corrected chi connectivity index (χ0v) is 14.6. The third-order valence-electron chi connectivity index (χ3n) is 4.11. The molecule has 1 amide bonds. The Morgan fingerprint density at radius 2 is 1.96 bits per heavy atom. The minimum absolute atomic E-state index is 0.176. The van der Waals surface area contributed by atoms with Gasteiger partial charge in [-0.2, -0.15) is 5.10 Å². The number of hydrogen-bond acceptors (Lipinski definition) is 4. The first-order chi connectivity index (χ1) is 13.3. The molecule has 6 heteroatoms. The highest BCUT2D eigenvalue weighted by Gasteiger charge is 2.03. The Bertz CT molecular complexity index is 1030. The van der Waals surface area contributed by atoms with Crippen LogP contribution in [-0.4, -0.2) is 27.2 Å². The molecule has 4 aromatic rings. The normalized spacial score (nSPS) is 11.3. The minimum atomic E-state index is -0.176. The lowest BCUT2D eigenvalue weighted by molar-refractivity contribution is -0.116. The molecule has 27 heavy (non-hydrogen) atoms. The fraction of sp³-hybridized carbons (Fsp3) is 0.0952. The average molecular weight is 358 g/mol. The molecule has 0 saturated carbocycles. The molecule has 0 aliphatic carbocycles. The molecule has 4 rings (SSSR count). The van der Waals surface area contributed by atoms with E-state index in [0.29, 0.717) is 18.0 Å². The SMILES string of the molecule is O=C(/C=C/c1nc2ccccc2o1)NCCc1ccc(-n2cccn2)cc1. The molecule has 0 radical (unpaired) electrons. The number of nitrogens with one attached hydrogen (secondary N) is 1. The molecule has 0 fully saturated rings. The smallest absolute Gasteiger partial charge is 0.244 e. The van der Waals surface area contributed by atoms with Gasteiger partial charge in [0.05, 0.1) is 5.69 Å². The lowest BCUT2D eigenvalue weighted by Gasteiger charge is -2.05. The van der Waals surface area contributed by atoms with Crippen LogP contribution in [0.25, 0.3) is 22.9 Å². The molecule has 2 heterocycles. The van der Waals surface area contributed by atoms with E-state index in [9.17, 15) is 4.79 Å². The molecular formula is C21H18N4O2. The number of nitrogens with zero attached hydrogens (tertiary/aromatic N) is 3.